The molecule has 0 aliphatic heterocycles. The Morgan fingerprint density at radius 3 is 2.37 bits per heavy atom. The molecule has 0 bridgehead atoms. The summed E-state index contributed by atoms with van der Waals surface area (Å²) in [7, 11) is 1.50. The first-order chi connectivity index (χ1) is 8.67. The number of aliphatic carboxylic acids is 1. The van der Waals surface area contributed by atoms with E-state index in [4.69, 9.17) is 9.63 Å². The van der Waals surface area contributed by atoms with Crippen LogP contribution < -0.4 is 0 Å². The van der Waals surface area contributed by atoms with Gasteiger partial charge in [-0.05, 0) is 34.1 Å². The zero-order valence-corrected chi connectivity index (χ0v) is 12.0. The second-order valence-corrected chi connectivity index (χ2v) is 5.12. The fourth-order valence-electron chi connectivity index (χ4n) is 1.71. The van der Waals surface area contributed by atoms with Crippen molar-refractivity contribution in [3.05, 3.63) is 17.0 Å². The zero-order valence-electron chi connectivity index (χ0n) is 12.0. The van der Waals surface area contributed by atoms with Crippen LogP contribution >= 0.6 is 0 Å². The minimum absolute atomic E-state index is 0.215. The van der Waals surface area contributed by atoms with Gasteiger partial charge in [0.15, 0.2) is 0 Å². The van der Waals surface area contributed by atoms with E-state index in [1.165, 1.54) is 25.8 Å². The van der Waals surface area contributed by atoms with Crippen LogP contribution in [0, 0.1) is 13.8 Å². The number of aromatic nitrogens is 1. The topological polar surface area (TPSA) is 83.6 Å². The minimum atomic E-state index is -1.21. The summed E-state index contributed by atoms with van der Waals surface area (Å²) in [5, 5.41) is 12.9. The standard InChI is InChI=1S/C13H20N2O4/c1-8-10(9(2)19-14-8)6-7-11(16)15(5)13(3,4)12(17)18/h6-7H2,1-5H3,(H,17,18). The lowest BCUT2D eigenvalue weighted by atomic mass is 10.0. The van der Waals surface area contributed by atoms with Gasteiger partial charge in [-0.2, -0.15) is 0 Å². The lowest BCUT2D eigenvalue weighted by molar-refractivity contribution is -0.155. The lowest BCUT2D eigenvalue weighted by Crippen LogP contribution is -2.50. The van der Waals surface area contributed by atoms with Crippen molar-refractivity contribution in [1.29, 1.82) is 0 Å². The van der Waals surface area contributed by atoms with Gasteiger partial charge in [-0.15, -0.1) is 0 Å². The van der Waals surface area contributed by atoms with Crippen LogP contribution in [0.15, 0.2) is 4.52 Å². The third-order valence-electron chi connectivity index (χ3n) is 3.51. The maximum atomic E-state index is 12.0. The monoisotopic (exact) mass is 268 g/mol. The third kappa shape index (κ3) is 3.13. The number of hydrogen-bond acceptors (Lipinski definition) is 4. The zero-order chi connectivity index (χ0) is 14.8. The molecule has 0 saturated carbocycles. The molecule has 0 radical (unpaired) electrons. The molecule has 1 N–H and O–H groups in total. The highest BCUT2D eigenvalue weighted by atomic mass is 16.5. The molecule has 6 nitrogen and oxygen atoms in total. The Morgan fingerprint density at radius 1 is 1.37 bits per heavy atom. The molecule has 0 atom stereocenters. The van der Waals surface area contributed by atoms with E-state index in [1.54, 1.807) is 6.92 Å². The van der Waals surface area contributed by atoms with Gasteiger partial charge in [0.2, 0.25) is 5.91 Å². The van der Waals surface area contributed by atoms with Gasteiger partial charge in [0.1, 0.15) is 11.3 Å². The van der Waals surface area contributed by atoms with E-state index in [1.807, 2.05) is 6.92 Å². The number of carboxylic acids is 1. The van der Waals surface area contributed by atoms with Gasteiger partial charge in [0.05, 0.1) is 5.69 Å². The van der Waals surface area contributed by atoms with E-state index in [9.17, 15) is 9.59 Å². The smallest absolute Gasteiger partial charge is 0.329 e. The van der Waals surface area contributed by atoms with Crippen molar-refractivity contribution in [2.24, 2.45) is 0 Å². The Hall–Kier alpha value is -1.85. The average molecular weight is 268 g/mol. The molecular weight excluding hydrogens is 248 g/mol. The van der Waals surface area contributed by atoms with Crippen LogP contribution in [0.2, 0.25) is 0 Å². The van der Waals surface area contributed by atoms with Crippen LogP contribution in [0.25, 0.3) is 0 Å². The number of amides is 1. The van der Waals surface area contributed by atoms with Crippen molar-refractivity contribution in [2.45, 2.75) is 46.1 Å². The second-order valence-electron chi connectivity index (χ2n) is 5.12. The fraction of sp³-hybridized carbons (Fsp3) is 0.615. The van der Waals surface area contributed by atoms with Crippen LogP contribution in [0.4, 0.5) is 0 Å². The van der Waals surface area contributed by atoms with Crippen LogP contribution in [0.3, 0.4) is 0 Å². The molecule has 0 aromatic carbocycles. The van der Waals surface area contributed by atoms with E-state index in [0.29, 0.717) is 12.2 Å². The maximum Gasteiger partial charge on any atom is 0.329 e. The molecule has 106 valence electrons. The van der Waals surface area contributed by atoms with Gasteiger partial charge in [-0.1, -0.05) is 5.16 Å². The number of carbonyl (C=O) groups is 2. The number of hydrogen-bond donors (Lipinski definition) is 1. The second kappa shape index (κ2) is 5.42. The molecule has 0 aliphatic carbocycles. The molecule has 1 rings (SSSR count). The molecule has 1 heterocycles. The SMILES string of the molecule is Cc1noc(C)c1CCC(=O)N(C)C(C)(C)C(=O)O. The van der Waals surface area contributed by atoms with Gasteiger partial charge < -0.3 is 14.5 Å². The number of likely N-dealkylation sites (N-methyl/N-ethyl adjacent to an activating group) is 1. The first-order valence-electron chi connectivity index (χ1n) is 6.09. The molecule has 1 amide bonds. The van der Waals surface area contributed by atoms with E-state index in [2.05, 4.69) is 5.16 Å². The Balaban J connectivity index is 2.69. The summed E-state index contributed by atoms with van der Waals surface area (Å²) in [6.07, 6.45) is 0.732. The highest BCUT2D eigenvalue weighted by molar-refractivity contribution is 5.86. The highest BCUT2D eigenvalue weighted by Crippen LogP contribution is 2.18. The number of nitrogens with zero attached hydrogens (tertiary/aromatic N) is 2. The van der Waals surface area contributed by atoms with Crippen LogP contribution in [0.1, 0.15) is 37.3 Å². The maximum absolute atomic E-state index is 12.0. The molecule has 0 saturated heterocycles. The minimum Gasteiger partial charge on any atom is -0.480 e. The first kappa shape index (κ1) is 15.2. The summed E-state index contributed by atoms with van der Waals surface area (Å²) in [5.41, 5.74) is 0.468. The van der Waals surface area contributed by atoms with Gasteiger partial charge in [0.25, 0.3) is 0 Å². The fourth-order valence-corrected chi connectivity index (χ4v) is 1.71. The molecule has 6 heteroatoms. The number of rotatable bonds is 5. The van der Waals surface area contributed by atoms with Crippen molar-refractivity contribution in [1.82, 2.24) is 10.1 Å². The lowest BCUT2D eigenvalue weighted by Gasteiger charge is -2.31. The van der Waals surface area contributed by atoms with Gasteiger partial charge in [-0.3, -0.25) is 4.79 Å². The summed E-state index contributed by atoms with van der Waals surface area (Å²) in [5.74, 6) is -0.543. The summed E-state index contributed by atoms with van der Waals surface area (Å²) in [4.78, 5) is 24.4. The summed E-state index contributed by atoms with van der Waals surface area (Å²) >= 11 is 0. The van der Waals surface area contributed by atoms with E-state index >= 15 is 0 Å². The molecule has 0 unspecified atom stereocenters. The summed E-state index contributed by atoms with van der Waals surface area (Å²) < 4.78 is 5.02. The van der Waals surface area contributed by atoms with E-state index in [-0.39, 0.29) is 12.3 Å². The van der Waals surface area contributed by atoms with Crippen molar-refractivity contribution < 1.29 is 19.2 Å². The summed E-state index contributed by atoms with van der Waals surface area (Å²) in [6.45, 7) is 6.62. The van der Waals surface area contributed by atoms with Gasteiger partial charge >= 0.3 is 5.97 Å². The van der Waals surface area contributed by atoms with Gasteiger partial charge in [0, 0.05) is 19.0 Å². The van der Waals surface area contributed by atoms with Crippen LogP contribution in [0.5, 0.6) is 0 Å². The Morgan fingerprint density at radius 2 is 1.95 bits per heavy atom. The van der Waals surface area contributed by atoms with Gasteiger partial charge in [-0.25, -0.2) is 4.79 Å². The van der Waals surface area contributed by atoms with Crippen LogP contribution in [-0.4, -0.2) is 39.6 Å². The molecule has 19 heavy (non-hydrogen) atoms. The molecule has 0 fully saturated rings. The van der Waals surface area contributed by atoms with Crippen LogP contribution in [-0.2, 0) is 16.0 Å². The van der Waals surface area contributed by atoms with Crippen molar-refractivity contribution in [3.8, 4) is 0 Å². The van der Waals surface area contributed by atoms with Crippen molar-refractivity contribution >= 4 is 11.9 Å². The predicted molar refractivity (Wildman–Crippen MR) is 68.8 cm³/mol. The Labute approximate surface area is 112 Å². The molecule has 0 aliphatic rings. The molecule has 0 spiro atoms. The number of aryl methyl sites for hydroxylation is 2. The average Bonchev–Trinajstić information content (AvgIpc) is 2.65. The van der Waals surface area contributed by atoms with E-state index in [0.717, 1.165) is 11.3 Å². The first-order valence-corrected chi connectivity index (χ1v) is 6.09. The Kier molecular flexibility index (Phi) is 4.34. The third-order valence-corrected chi connectivity index (χ3v) is 3.51. The van der Waals surface area contributed by atoms with E-state index < -0.39 is 11.5 Å². The van der Waals surface area contributed by atoms with Crippen molar-refractivity contribution in [3.63, 3.8) is 0 Å². The molecule has 1 aromatic heterocycles. The molecule has 1 aromatic rings. The highest BCUT2D eigenvalue weighted by Gasteiger charge is 2.34. The quantitative estimate of drug-likeness (QED) is 0.875. The predicted octanol–water partition coefficient (Wildman–Crippen LogP) is 1.55. The number of carbonyl (C=O) groups excluding carboxylic acids is 1. The Bertz CT molecular complexity index is 471. The molecular formula is C13H20N2O4. The number of carboxylic acid groups (broad SMARTS) is 1. The normalized spacial score (nSPS) is 11.4. The largest absolute Gasteiger partial charge is 0.480 e. The summed E-state index contributed by atoms with van der Waals surface area (Å²) in [6, 6.07) is 0. The van der Waals surface area contributed by atoms with Crippen molar-refractivity contribution in [2.75, 3.05) is 7.05 Å².